The number of hydrogen-bond donors (Lipinski definition) is 3. The van der Waals surface area contributed by atoms with Crippen molar-refractivity contribution in [2.75, 3.05) is 10.6 Å². The first-order valence-electron chi connectivity index (χ1n) is 8.39. The number of carboxylic acid groups (broad SMARTS) is 1. The van der Waals surface area contributed by atoms with Gasteiger partial charge in [0.05, 0.1) is 6.42 Å². The summed E-state index contributed by atoms with van der Waals surface area (Å²) >= 11 is 1.29. The van der Waals surface area contributed by atoms with Gasteiger partial charge in [-0.2, -0.15) is 0 Å². The number of benzene rings is 1. The van der Waals surface area contributed by atoms with E-state index in [4.69, 9.17) is 5.11 Å². The van der Waals surface area contributed by atoms with Gasteiger partial charge >= 0.3 is 12.0 Å². The third-order valence-electron chi connectivity index (χ3n) is 4.35. The van der Waals surface area contributed by atoms with E-state index >= 15 is 0 Å². The molecule has 3 rings (SSSR count). The molecule has 7 nitrogen and oxygen atoms in total. The minimum absolute atomic E-state index is 0.0391. The number of hydrogen-bond acceptors (Lipinski definition) is 5. The first kappa shape index (κ1) is 18.1. The molecule has 2 amide bonds. The highest BCUT2D eigenvalue weighted by atomic mass is 32.1. The molecule has 0 unspecified atom stereocenters. The predicted octanol–water partition coefficient (Wildman–Crippen LogP) is 3.79. The number of rotatable bonds is 6. The van der Waals surface area contributed by atoms with E-state index < -0.39 is 12.0 Å². The Kier molecular flexibility index (Phi) is 5.62. The summed E-state index contributed by atoms with van der Waals surface area (Å²) in [4.78, 5) is 39.9. The number of Topliss-reactive ketones (excluding diaryl/α,β-unsaturated/α-hetero) is 1. The second-order valence-electron chi connectivity index (χ2n) is 6.20. The summed E-state index contributed by atoms with van der Waals surface area (Å²) in [6, 6.07) is 4.30. The van der Waals surface area contributed by atoms with Crippen molar-refractivity contribution in [3.63, 3.8) is 0 Å². The van der Waals surface area contributed by atoms with Crippen molar-refractivity contribution in [1.82, 2.24) is 4.98 Å². The maximum absolute atomic E-state index is 12.8. The monoisotopic (exact) mass is 373 g/mol. The molecular weight excluding hydrogens is 354 g/mol. The Morgan fingerprint density at radius 3 is 2.62 bits per heavy atom. The van der Waals surface area contributed by atoms with Gasteiger partial charge in [0.2, 0.25) is 0 Å². The van der Waals surface area contributed by atoms with E-state index in [0.717, 1.165) is 25.7 Å². The lowest BCUT2D eigenvalue weighted by atomic mass is 9.91. The fraction of sp³-hybridized carbons (Fsp3) is 0.333. The number of urea groups is 1. The van der Waals surface area contributed by atoms with Crippen LogP contribution >= 0.6 is 11.3 Å². The number of nitrogens with zero attached hydrogens (tertiary/aromatic N) is 1. The number of anilines is 2. The molecule has 1 heterocycles. The van der Waals surface area contributed by atoms with E-state index in [0.29, 0.717) is 21.9 Å². The lowest BCUT2D eigenvalue weighted by molar-refractivity contribution is -0.136. The van der Waals surface area contributed by atoms with Crippen LogP contribution in [0.4, 0.5) is 15.6 Å². The Labute approximate surface area is 154 Å². The van der Waals surface area contributed by atoms with E-state index in [2.05, 4.69) is 15.6 Å². The highest BCUT2D eigenvalue weighted by molar-refractivity contribution is 7.13. The molecule has 1 aliphatic rings. The lowest BCUT2D eigenvalue weighted by Crippen LogP contribution is -2.20. The molecule has 136 valence electrons. The van der Waals surface area contributed by atoms with Gasteiger partial charge in [-0.1, -0.05) is 18.9 Å². The summed E-state index contributed by atoms with van der Waals surface area (Å²) in [5.74, 6) is -1.10. The van der Waals surface area contributed by atoms with Crippen molar-refractivity contribution >= 4 is 39.9 Å². The average Bonchev–Trinajstić information content (AvgIpc) is 3.28. The van der Waals surface area contributed by atoms with Gasteiger partial charge in [0.1, 0.15) is 0 Å². The summed E-state index contributed by atoms with van der Waals surface area (Å²) in [7, 11) is 0. The second kappa shape index (κ2) is 8.09. The summed E-state index contributed by atoms with van der Waals surface area (Å²) in [6.45, 7) is 0. The maximum atomic E-state index is 12.8. The van der Waals surface area contributed by atoms with Crippen LogP contribution in [0.25, 0.3) is 0 Å². The molecule has 3 N–H and O–H groups in total. The van der Waals surface area contributed by atoms with Gasteiger partial charge in [-0.25, -0.2) is 9.78 Å². The largest absolute Gasteiger partial charge is 0.481 e. The molecule has 0 radical (unpaired) electrons. The molecule has 0 aliphatic heterocycles. The van der Waals surface area contributed by atoms with Crippen molar-refractivity contribution in [3.8, 4) is 0 Å². The summed E-state index contributed by atoms with van der Waals surface area (Å²) in [6.07, 6.45) is 5.04. The quantitative estimate of drug-likeness (QED) is 0.668. The van der Waals surface area contributed by atoms with E-state index in [1.54, 1.807) is 29.8 Å². The van der Waals surface area contributed by atoms with Crippen molar-refractivity contribution in [2.24, 2.45) is 5.92 Å². The number of carbonyl (C=O) groups excluding carboxylic acids is 2. The molecule has 1 saturated carbocycles. The second-order valence-corrected chi connectivity index (χ2v) is 7.10. The van der Waals surface area contributed by atoms with Crippen molar-refractivity contribution in [3.05, 3.63) is 40.9 Å². The zero-order valence-corrected chi connectivity index (χ0v) is 14.8. The minimum Gasteiger partial charge on any atom is -0.481 e. The summed E-state index contributed by atoms with van der Waals surface area (Å²) < 4.78 is 0. The zero-order chi connectivity index (χ0) is 18.5. The molecular formula is C18H19N3O4S. The van der Waals surface area contributed by atoms with E-state index in [-0.39, 0.29) is 18.1 Å². The summed E-state index contributed by atoms with van der Waals surface area (Å²) in [5, 5.41) is 16.6. The van der Waals surface area contributed by atoms with Crippen LogP contribution in [0.3, 0.4) is 0 Å². The number of amides is 2. The Morgan fingerprint density at radius 2 is 1.96 bits per heavy atom. The molecule has 0 saturated heterocycles. The molecule has 1 aromatic carbocycles. The van der Waals surface area contributed by atoms with Gasteiger partial charge in [-0.3, -0.25) is 14.9 Å². The van der Waals surface area contributed by atoms with Crippen LogP contribution in [0.1, 0.15) is 41.6 Å². The number of aliphatic carboxylic acids is 1. The smallest absolute Gasteiger partial charge is 0.325 e. The van der Waals surface area contributed by atoms with Crippen molar-refractivity contribution in [1.29, 1.82) is 0 Å². The highest BCUT2D eigenvalue weighted by Crippen LogP contribution is 2.30. The van der Waals surface area contributed by atoms with Crippen molar-refractivity contribution < 1.29 is 19.5 Å². The van der Waals surface area contributed by atoms with Gasteiger partial charge in [-0.05, 0) is 30.5 Å². The van der Waals surface area contributed by atoms with Crippen molar-refractivity contribution in [2.45, 2.75) is 32.1 Å². The number of thiazole rings is 1. The van der Waals surface area contributed by atoms with Gasteiger partial charge in [0.15, 0.2) is 10.9 Å². The van der Waals surface area contributed by atoms with Crippen LogP contribution < -0.4 is 10.6 Å². The Hall–Kier alpha value is -2.74. The van der Waals surface area contributed by atoms with E-state index in [9.17, 15) is 14.4 Å². The van der Waals surface area contributed by atoms with Gasteiger partial charge in [-0.15, -0.1) is 11.3 Å². The topological polar surface area (TPSA) is 108 Å². The first-order valence-corrected chi connectivity index (χ1v) is 9.27. The molecule has 0 bridgehead atoms. The number of aromatic nitrogens is 1. The van der Waals surface area contributed by atoms with Crippen LogP contribution in [-0.2, 0) is 11.2 Å². The third kappa shape index (κ3) is 4.45. The van der Waals surface area contributed by atoms with Crippen LogP contribution in [0.2, 0.25) is 0 Å². The normalized spacial score (nSPS) is 14.2. The Balaban J connectivity index is 1.80. The van der Waals surface area contributed by atoms with Crippen LogP contribution in [0.15, 0.2) is 29.8 Å². The third-order valence-corrected chi connectivity index (χ3v) is 5.04. The average molecular weight is 373 g/mol. The van der Waals surface area contributed by atoms with E-state index in [1.807, 2.05) is 0 Å². The number of carbonyl (C=O) groups is 3. The van der Waals surface area contributed by atoms with Crippen LogP contribution in [-0.4, -0.2) is 27.9 Å². The van der Waals surface area contributed by atoms with Gasteiger partial charge in [0.25, 0.3) is 0 Å². The molecule has 1 aromatic heterocycles. The first-order chi connectivity index (χ1) is 12.5. The number of nitrogens with one attached hydrogen (secondary N) is 2. The standard InChI is InChI=1S/C18H19N3O4S/c22-15(23)9-12-5-6-13(20-17(25)21-18-19-7-8-26-18)10-14(12)16(24)11-3-1-2-4-11/h5-8,10-11H,1-4,9H2,(H,22,23)(H2,19,20,21,25). The summed E-state index contributed by atoms with van der Waals surface area (Å²) in [5.41, 5.74) is 1.29. The number of carboxylic acids is 1. The molecule has 26 heavy (non-hydrogen) atoms. The number of ketones is 1. The highest BCUT2D eigenvalue weighted by Gasteiger charge is 2.26. The van der Waals surface area contributed by atoms with Crippen LogP contribution in [0, 0.1) is 5.92 Å². The lowest BCUT2D eigenvalue weighted by Gasteiger charge is -2.14. The SMILES string of the molecule is O=C(O)Cc1ccc(NC(=O)Nc2nccs2)cc1C(=O)C1CCCC1. The molecule has 8 heteroatoms. The minimum atomic E-state index is -0.993. The molecule has 1 fully saturated rings. The molecule has 1 aliphatic carbocycles. The molecule has 0 atom stereocenters. The zero-order valence-electron chi connectivity index (χ0n) is 14.0. The van der Waals surface area contributed by atoms with Crippen LogP contribution in [0.5, 0.6) is 0 Å². The van der Waals surface area contributed by atoms with Gasteiger partial charge < -0.3 is 10.4 Å². The Bertz CT molecular complexity index is 814. The fourth-order valence-corrected chi connectivity index (χ4v) is 3.68. The molecule has 0 spiro atoms. The van der Waals surface area contributed by atoms with E-state index in [1.165, 1.54) is 11.3 Å². The van der Waals surface area contributed by atoms with Gasteiger partial charge in [0, 0.05) is 28.7 Å². The Morgan fingerprint density at radius 1 is 1.19 bits per heavy atom. The maximum Gasteiger partial charge on any atom is 0.325 e. The fourth-order valence-electron chi connectivity index (χ4n) is 3.15. The predicted molar refractivity (Wildman–Crippen MR) is 98.8 cm³/mol. The molecule has 2 aromatic rings.